The van der Waals surface area contributed by atoms with Crippen LogP contribution < -0.4 is 9.47 Å². The molecule has 0 radical (unpaired) electrons. The summed E-state index contributed by atoms with van der Waals surface area (Å²) in [6.45, 7) is 6.42. The van der Waals surface area contributed by atoms with E-state index in [-0.39, 0.29) is 17.4 Å². The fraction of sp³-hybridized carbons (Fsp3) is 0.421. The van der Waals surface area contributed by atoms with Crippen LogP contribution in [0.5, 0.6) is 11.5 Å². The Hall–Kier alpha value is -2.48. The van der Waals surface area contributed by atoms with E-state index >= 15 is 0 Å². The number of thioether (sulfide) groups is 1. The molecule has 1 heterocycles. The van der Waals surface area contributed by atoms with E-state index in [4.69, 9.17) is 9.47 Å². The number of methoxy groups -OCH3 is 2. The first-order valence-electron chi connectivity index (χ1n) is 8.61. The maximum absolute atomic E-state index is 12.6. The molecule has 0 N–H and O–H groups in total. The molecular weight excluding hydrogens is 368 g/mol. The Labute approximate surface area is 163 Å². The summed E-state index contributed by atoms with van der Waals surface area (Å²) in [7, 11) is 3.08. The maximum Gasteiger partial charge on any atom is 0.294 e. The van der Waals surface area contributed by atoms with Gasteiger partial charge in [0.15, 0.2) is 11.5 Å². The molecule has 0 unspecified atom stereocenters. The molecule has 3 amide bonds. The van der Waals surface area contributed by atoms with Crippen molar-refractivity contribution >= 4 is 34.9 Å². The second-order valence-corrected chi connectivity index (χ2v) is 6.89. The number of carbonyl (C=O) groups is 3. The number of rotatable bonds is 7. The molecule has 146 valence electrons. The molecule has 0 saturated carbocycles. The smallest absolute Gasteiger partial charge is 0.294 e. The molecule has 0 bridgehead atoms. The van der Waals surface area contributed by atoms with Gasteiger partial charge in [-0.1, -0.05) is 0 Å². The van der Waals surface area contributed by atoms with Crippen LogP contribution in [-0.4, -0.2) is 60.7 Å². The Morgan fingerprint density at radius 1 is 1.15 bits per heavy atom. The van der Waals surface area contributed by atoms with Gasteiger partial charge in [0.05, 0.1) is 19.1 Å². The van der Waals surface area contributed by atoms with Crippen molar-refractivity contribution in [3.05, 3.63) is 28.2 Å². The molecule has 1 fully saturated rings. The van der Waals surface area contributed by atoms with Crippen LogP contribution in [0.4, 0.5) is 4.79 Å². The Morgan fingerprint density at radius 3 is 2.30 bits per heavy atom. The van der Waals surface area contributed by atoms with Gasteiger partial charge in [-0.05, 0) is 61.9 Å². The van der Waals surface area contributed by atoms with Gasteiger partial charge in [0.1, 0.15) is 6.54 Å². The minimum absolute atomic E-state index is 0.241. The summed E-state index contributed by atoms with van der Waals surface area (Å²) in [5.74, 6) is 0.418. The molecule has 1 aromatic carbocycles. The molecule has 1 saturated heterocycles. The molecule has 0 aromatic heterocycles. The van der Waals surface area contributed by atoms with Gasteiger partial charge >= 0.3 is 0 Å². The van der Waals surface area contributed by atoms with Crippen molar-refractivity contribution in [3.8, 4) is 11.5 Å². The molecule has 8 heteroatoms. The number of ether oxygens (including phenoxy) is 2. The van der Waals surface area contributed by atoms with Crippen molar-refractivity contribution in [1.29, 1.82) is 0 Å². The molecule has 2 rings (SSSR count). The van der Waals surface area contributed by atoms with E-state index in [0.717, 1.165) is 27.8 Å². The average Bonchev–Trinajstić information content (AvgIpc) is 2.91. The average molecular weight is 392 g/mol. The topological polar surface area (TPSA) is 76.2 Å². The predicted octanol–water partition coefficient (Wildman–Crippen LogP) is 2.92. The monoisotopic (exact) mass is 392 g/mol. The SMILES string of the molecule is CCN(CC)C(=O)CN1C(=O)S/C(=C\c2cc(OC)c(OC)cc2C)C1=O. The third-order valence-electron chi connectivity index (χ3n) is 4.34. The highest BCUT2D eigenvalue weighted by Crippen LogP contribution is 2.35. The van der Waals surface area contributed by atoms with Crippen LogP contribution in [0.3, 0.4) is 0 Å². The normalized spacial score (nSPS) is 15.4. The fourth-order valence-electron chi connectivity index (χ4n) is 2.74. The van der Waals surface area contributed by atoms with Crippen LogP contribution in [0, 0.1) is 6.92 Å². The van der Waals surface area contributed by atoms with Gasteiger partial charge in [-0.25, -0.2) is 0 Å². The van der Waals surface area contributed by atoms with E-state index in [1.165, 1.54) is 7.11 Å². The van der Waals surface area contributed by atoms with Gasteiger partial charge in [0.25, 0.3) is 11.1 Å². The number of imide groups is 1. The maximum atomic E-state index is 12.6. The Morgan fingerprint density at radius 2 is 1.74 bits per heavy atom. The van der Waals surface area contributed by atoms with Crippen LogP contribution in [0.1, 0.15) is 25.0 Å². The highest BCUT2D eigenvalue weighted by molar-refractivity contribution is 8.18. The largest absolute Gasteiger partial charge is 0.493 e. The van der Waals surface area contributed by atoms with Crippen LogP contribution in [0.15, 0.2) is 17.0 Å². The number of hydrogen-bond donors (Lipinski definition) is 0. The zero-order valence-corrected chi connectivity index (χ0v) is 17.0. The molecule has 0 aliphatic carbocycles. The van der Waals surface area contributed by atoms with Crippen molar-refractivity contribution in [3.63, 3.8) is 0 Å². The van der Waals surface area contributed by atoms with Gasteiger partial charge in [0, 0.05) is 13.1 Å². The quantitative estimate of drug-likeness (QED) is 0.664. The molecule has 0 spiro atoms. The molecule has 27 heavy (non-hydrogen) atoms. The standard InChI is InChI=1S/C19H24N2O5S/c1-6-20(7-2)17(22)11-21-18(23)16(27-19(21)24)10-13-9-15(26-5)14(25-4)8-12(13)3/h8-10H,6-7,11H2,1-5H3/b16-10-. The second kappa shape index (κ2) is 8.94. The Balaban J connectivity index is 2.27. The van der Waals surface area contributed by atoms with E-state index in [1.54, 1.807) is 30.2 Å². The summed E-state index contributed by atoms with van der Waals surface area (Å²) in [5, 5.41) is -0.440. The van der Waals surface area contributed by atoms with Gasteiger partial charge < -0.3 is 14.4 Å². The summed E-state index contributed by atoms with van der Waals surface area (Å²) < 4.78 is 10.6. The number of carbonyl (C=O) groups excluding carboxylic acids is 3. The number of nitrogens with zero attached hydrogens (tertiary/aromatic N) is 2. The summed E-state index contributed by atoms with van der Waals surface area (Å²) in [6.07, 6.45) is 1.64. The lowest BCUT2D eigenvalue weighted by Crippen LogP contribution is -2.41. The van der Waals surface area contributed by atoms with E-state index < -0.39 is 11.1 Å². The Bertz CT molecular complexity index is 787. The van der Waals surface area contributed by atoms with Crippen LogP contribution in [0.2, 0.25) is 0 Å². The van der Waals surface area contributed by atoms with Gasteiger partial charge in [0.2, 0.25) is 5.91 Å². The third kappa shape index (κ3) is 4.44. The first kappa shape index (κ1) is 20.8. The number of hydrogen-bond acceptors (Lipinski definition) is 6. The van der Waals surface area contributed by atoms with E-state index in [9.17, 15) is 14.4 Å². The van der Waals surface area contributed by atoms with E-state index in [1.807, 2.05) is 20.8 Å². The minimum Gasteiger partial charge on any atom is -0.493 e. The molecule has 0 atom stereocenters. The number of amides is 3. The first-order chi connectivity index (χ1) is 12.9. The lowest BCUT2D eigenvalue weighted by Gasteiger charge is -2.21. The van der Waals surface area contributed by atoms with Crippen LogP contribution >= 0.6 is 11.8 Å². The second-order valence-electron chi connectivity index (χ2n) is 5.90. The molecule has 1 aromatic rings. The highest BCUT2D eigenvalue weighted by Gasteiger charge is 2.37. The van der Waals surface area contributed by atoms with Crippen molar-refractivity contribution in [2.75, 3.05) is 33.9 Å². The molecule has 7 nitrogen and oxygen atoms in total. The van der Waals surface area contributed by atoms with Crippen LogP contribution in [-0.2, 0) is 9.59 Å². The number of benzene rings is 1. The highest BCUT2D eigenvalue weighted by atomic mass is 32.2. The molecule has 1 aliphatic heterocycles. The third-order valence-corrected chi connectivity index (χ3v) is 5.25. The lowest BCUT2D eigenvalue weighted by atomic mass is 10.1. The zero-order valence-electron chi connectivity index (χ0n) is 16.2. The van der Waals surface area contributed by atoms with E-state index in [0.29, 0.717) is 24.6 Å². The van der Waals surface area contributed by atoms with Crippen molar-refractivity contribution in [2.45, 2.75) is 20.8 Å². The van der Waals surface area contributed by atoms with Gasteiger partial charge in [-0.2, -0.15) is 0 Å². The molecule has 1 aliphatic rings. The van der Waals surface area contributed by atoms with Gasteiger partial charge in [-0.15, -0.1) is 0 Å². The minimum atomic E-state index is -0.459. The summed E-state index contributed by atoms with van der Waals surface area (Å²) in [6, 6.07) is 3.56. The summed E-state index contributed by atoms with van der Waals surface area (Å²) in [4.78, 5) is 40.0. The fourth-order valence-corrected chi connectivity index (χ4v) is 3.57. The summed E-state index contributed by atoms with van der Waals surface area (Å²) >= 11 is 0.833. The van der Waals surface area contributed by atoms with Crippen LogP contribution in [0.25, 0.3) is 6.08 Å². The number of likely N-dealkylation sites (N-methyl/N-ethyl adjacent to an activating group) is 1. The Kier molecular flexibility index (Phi) is 6.90. The number of aryl methyl sites for hydroxylation is 1. The van der Waals surface area contributed by atoms with Crippen molar-refractivity contribution < 1.29 is 23.9 Å². The lowest BCUT2D eigenvalue weighted by molar-refractivity contribution is -0.135. The van der Waals surface area contributed by atoms with Gasteiger partial charge in [-0.3, -0.25) is 19.3 Å². The zero-order chi connectivity index (χ0) is 20.1. The first-order valence-corrected chi connectivity index (χ1v) is 9.43. The van der Waals surface area contributed by atoms with Crippen molar-refractivity contribution in [1.82, 2.24) is 9.80 Å². The predicted molar refractivity (Wildman–Crippen MR) is 105 cm³/mol. The van der Waals surface area contributed by atoms with E-state index in [2.05, 4.69) is 0 Å². The van der Waals surface area contributed by atoms with Crippen molar-refractivity contribution in [2.24, 2.45) is 0 Å². The molecular formula is C19H24N2O5S. The summed E-state index contributed by atoms with van der Waals surface area (Å²) in [5.41, 5.74) is 1.62.